The monoisotopic (exact) mass is 362 g/mol. The lowest BCUT2D eigenvalue weighted by Gasteiger charge is -2.30. The molecule has 0 aliphatic carbocycles. The predicted molar refractivity (Wildman–Crippen MR) is 93.1 cm³/mol. The average molecular weight is 362 g/mol. The molecule has 1 amide bonds. The molecule has 1 aliphatic heterocycles. The van der Waals surface area contributed by atoms with Crippen LogP contribution in [-0.2, 0) is 21.4 Å². The van der Waals surface area contributed by atoms with Crippen LogP contribution in [0.1, 0.15) is 25.0 Å². The van der Waals surface area contributed by atoms with Crippen LogP contribution in [-0.4, -0.2) is 31.7 Å². The van der Waals surface area contributed by atoms with Gasteiger partial charge in [0.25, 0.3) is 0 Å². The highest BCUT2D eigenvalue weighted by molar-refractivity contribution is 7.89. The second kappa shape index (κ2) is 7.84. The maximum Gasteiger partial charge on any atom is 0.243 e. The van der Waals surface area contributed by atoms with Gasteiger partial charge in [0.15, 0.2) is 0 Å². The van der Waals surface area contributed by atoms with E-state index in [2.05, 4.69) is 5.32 Å². The normalized spacial score (nSPS) is 16.6. The molecule has 1 N–H and O–H groups in total. The van der Waals surface area contributed by atoms with Crippen molar-refractivity contribution >= 4 is 15.9 Å². The number of benzene rings is 1. The molecule has 0 saturated carbocycles. The van der Waals surface area contributed by atoms with Crippen LogP contribution in [0.2, 0.25) is 0 Å². The van der Waals surface area contributed by atoms with Crippen molar-refractivity contribution in [2.45, 2.75) is 30.7 Å². The number of carbonyl (C=O) groups excluding carboxylic acids is 1. The molecule has 2 aromatic rings. The van der Waals surface area contributed by atoms with Crippen molar-refractivity contribution < 1.29 is 17.6 Å². The standard InChI is InChI=1S/C18H22N2O4S/c21-18(19-14-16-5-4-12-24-16)13-15-8-10-20(11-9-15)25(22,23)17-6-2-1-3-7-17/h1-7,12,15H,8-11,13-14H2,(H,19,21). The smallest absolute Gasteiger partial charge is 0.243 e. The molecule has 1 fully saturated rings. The third-order valence-corrected chi connectivity index (χ3v) is 6.38. The second-order valence-corrected chi connectivity index (χ2v) is 8.16. The van der Waals surface area contributed by atoms with Gasteiger partial charge in [-0.1, -0.05) is 18.2 Å². The van der Waals surface area contributed by atoms with Gasteiger partial charge < -0.3 is 9.73 Å². The number of amides is 1. The Hall–Kier alpha value is -2.12. The van der Waals surface area contributed by atoms with E-state index in [1.54, 1.807) is 42.7 Å². The fourth-order valence-electron chi connectivity index (χ4n) is 3.03. The van der Waals surface area contributed by atoms with Gasteiger partial charge in [0.05, 0.1) is 17.7 Å². The van der Waals surface area contributed by atoms with E-state index >= 15 is 0 Å². The van der Waals surface area contributed by atoms with E-state index in [1.807, 2.05) is 6.07 Å². The summed E-state index contributed by atoms with van der Waals surface area (Å²) >= 11 is 0. The molecular formula is C18H22N2O4S. The Morgan fingerprint density at radius 2 is 1.84 bits per heavy atom. The number of furan rings is 1. The molecule has 1 aliphatic rings. The molecular weight excluding hydrogens is 340 g/mol. The molecule has 0 spiro atoms. The molecule has 6 nitrogen and oxygen atoms in total. The number of sulfonamides is 1. The van der Waals surface area contributed by atoms with Crippen LogP contribution in [0.3, 0.4) is 0 Å². The maximum atomic E-state index is 12.6. The third-order valence-electron chi connectivity index (χ3n) is 4.47. The zero-order chi connectivity index (χ0) is 17.7. The summed E-state index contributed by atoms with van der Waals surface area (Å²) in [5, 5.41) is 2.84. The minimum Gasteiger partial charge on any atom is -0.467 e. The quantitative estimate of drug-likeness (QED) is 0.856. The van der Waals surface area contributed by atoms with Crippen molar-refractivity contribution in [1.29, 1.82) is 0 Å². The molecule has 7 heteroatoms. The van der Waals surface area contributed by atoms with Gasteiger partial charge in [0.2, 0.25) is 15.9 Å². The summed E-state index contributed by atoms with van der Waals surface area (Å²) in [6, 6.07) is 12.1. The van der Waals surface area contributed by atoms with E-state index in [0.29, 0.717) is 43.8 Å². The molecule has 0 radical (unpaired) electrons. The lowest BCUT2D eigenvalue weighted by molar-refractivity contribution is -0.122. The van der Waals surface area contributed by atoms with Gasteiger partial charge in [-0.15, -0.1) is 0 Å². The zero-order valence-electron chi connectivity index (χ0n) is 13.9. The summed E-state index contributed by atoms with van der Waals surface area (Å²) in [6.07, 6.45) is 3.38. The SMILES string of the molecule is O=C(CC1CCN(S(=O)(=O)c2ccccc2)CC1)NCc1ccco1. The topological polar surface area (TPSA) is 79.6 Å². The van der Waals surface area contributed by atoms with E-state index in [0.717, 1.165) is 5.76 Å². The van der Waals surface area contributed by atoms with E-state index in [-0.39, 0.29) is 11.8 Å². The van der Waals surface area contributed by atoms with Crippen molar-refractivity contribution in [1.82, 2.24) is 9.62 Å². The minimum atomic E-state index is -3.43. The predicted octanol–water partition coefficient (Wildman–Crippen LogP) is 2.39. The van der Waals surface area contributed by atoms with Gasteiger partial charge in [0, 0.05) is 19.5 Å². The molecule has 3 rings (SSSR count). The molecule has 0 unspecified atom stereocenters. The van der Waals surface area contributed by atoms with E-state index in [1.165, 1.54) is 4.31 Å². The molecule has 0 atom stereocenters. The first-order valence-electron chi connectivity index (χ1n) is 8.40. The minimum absolute atomic E-state index is 0.0271. The lowest BCUT2D eigenvalue weighted by atomic mass is 9.94. The molecule has 1 aromatic carbocycles. The second-order valence-electron chi connectivity index (χ2n) is 6.22. The Morgan fingerprint density at radius 3 is 2.48 bits per heavy atom. The number of rotatable bonds is 6. The highest BCUT2D eigenvalue weighted by Gasteiger charge is 2.29. The van der Waals surface area contributed by atoms with Crippen LogP contribution in [0.4, 0.5) is 0 Å². The summed E-state index contributed by atoms with van der Waals surface area (Å²) in [5.74, 6) is 0.900. The number of nitrogens with zero attached hydrogens (tertiary/aromatic N) is 1. The number of carbonyl (C=O) groups is 1. The number of nitrogens with one attached hydrogen (secondary N) is 1. The Labute approximate surface area is 147 Å². The van der Waals surface area contributed by atoms with Crippen LogP contribution in [0.5, 0.6) is 0 Å². The van der Waals surface area contributed by atoms with Gasteiger partial charge in [-0.25, -0.2) is 8.42 Å². The van der Waals surface area contributed by atoms with E-state index in [9.17, 15) is 13.2 Å². The average Bonchev–Trinajstić information content (AvgIpc) is 3.15. The number of hydrogen-bond donors (Lipinski definition) is 1. The Morgan fingerprint density at radius 1 is 1.12 bits per heavy atom. The van der Waals surface area contributed by atoms with Gasteiger partial charge in [-0.2, -0.15) is 4.31 Å². The first-order valence-corrected chi connectivity index (χ1v) is 9.84. The van der Waals surface area contributed by atoms with Crippen LogP contribution in [0.15, 0.2) is 58.0 Å². The molecule has 25 heavy (non-hydrogen) atoms. The molecule has 134 valence electrons. The fourth-order valence-corrected chi connectivity index (χ4v) is 4.52. The van der Waals surface area contributed by atoms with Gasteiger partial charge in [-0.05, 0) is 43.0 Å². The molecule has 1 aromatic heterocycles. The summed E-state index contributed by atoms with van der Waals surface area (Å²) in [7, 11) is -3.43. The summed E-state index contributed by atoms with van der Waals surface area (Å²) in [4.78, 5) is 12.3. The van der Waals surface area contributed by atoms with Crippen LogP contribution in [0.25, 0.3) is 0 Å². The first-order chi connectivity index (χ1) is 12.1. The van der Waals surface area contributed by atoms with E-state index in [4.69, 9.17) is 4.42 Å². The van der Waals surface area contributed by atoms with Crippen LogP contribution >= 0.6 is 0 Å². The Balaban J connectivity index is 1.48. The molecule has 1 saturated heterocycles. The fraction of sp³-hybridized carbons (Fsp3) is 0.389. The van der Waals surface area contributed by atoms with Gasteiger partial charge in [-0.3, -0.25) is 4.79 Å². The van der Waals surface area contributed by atoms with Crippen molar-refractivity contribution in [2.75, 3.05) is 13.1 Å². The molecule has 2 heterocycles. The third kappa shape index (κ3) is 4.49. The highest BCUT2D eigenvalue weighted by atomic mass is 32.2. The number of hydrogen-bond acceptors (Lipinski definition) is 4. The van der Waals surface area contributed by atoms with Crippen LogP contribution in [0, 0.1) is 5.92 Å². The van der Waals surface area contributed by atoms with Crippen molar-refractivity contribution in [3.8, 4) is 0 Å². The maximum absolute atomic E-state index is 12.6. The summed E-state index contributed by atoms with van der Waals surface area (Å²) in [5.41, 5.74) is 0. The number of piperidine rings is 1. The first kappa shape index (κ1) is 17.7. The zero-order valence-corrected chi connectivity index (χ0v) is 14.7. The summed E-state index contributed by atoms with van der Waals surface area (Å²) < 4.78 is 31.9. The van der Waals surface area contributed by atoms with Crippen LogP contribution < -0.4 is 5.32 Å². The Kier molecular flexibility index (Phi) is 5.55. The lowest BCUT2D eigenvalue weighted by Crippen LogP contribution is -2.39. The Bertz CT molecular complexity index is 780. The summed E-state index contributed by atoms with van der Waals surface area (Å²) in [6.45, 7) is 1.29. The van der Waals surface area contributed by atoms with E-state index < -0.39 is 10.0 Å². The molecule has 0 bridgehead atoms. The van der Waals surface area contributed by atoms with Crippen molar-refractivity contribution in [2.24, 2.45) is 5.92 Å². The highest BCUT2D eigenvalue weighted by Crippen LogP contribution is 2.25. The van der Waals surface area contributed by atoms with Gasteiger partial charge >= 0.3 is 0 Å². The van der Waals surface area contributed by atoms with Crippen molar-refractivity contribution in [3.63, 3.8) is 0 Å². The van der Waals surface area contributed by atoms with Gasteiger partial charge in [0.1, 0.15) is 5.76 Å². The largest absolute Gasteiger partial charge is 0.467 e. The van der Waals surface area contributed by atoms with Crippen molar-refractivity contribution in [3.05, 3.63) is 54.5 Å².